The predicted molar refractivity (Wildman–Crippen MR) is 53.2 cm³/mol. The minimum Gasteiger partial charge on any atom is -0.353 e. The van der Waals surface area contributed by atoms with Crippen LogP contribution in [-0.2, 0) is 28.6 Å². The topological polar surface area (TPSA) is 78.9 Å². The molecule has 0 aliphatic carbocycles. The van der Waals surface area contributed by atoms with Crippen LogP contribution < -0.4 is 0 Å². The molecule has 0 atom stereocenters. The average Bonchev–Trinajstić information content (AvgIpc) is 2.51. The van der Waals surface area contributed by atoms with Gasteiger partial charge in [0.05, 0.1) is 0 Å². The zero-order valence-electron chi connectivity index (χ0n) is 11.2. The summed E-state index contributed by atoms with van der Waals surface area (Å²) in [6.07, 6.45) is -15.9. The highest BCUT2D eigenvalue weighted by atomic mass is 19.3. The van der Waals surface area contributed by atoms with Gasteiger partial charge in [0.25, 0.3) is 17.5 Å². The highest BCUT2D eigenvalue weighted by molar-refractivity contribution is 5.89. The third-order valence-electron chi connectivity index (χ3n) is 1.68. The highest BCUT2D eigenvalue weighted by Crippen LogP contribution is 2.26. The van der Waals surface area contributed by atoms with Crippen LogP contribution in [0.15, 0.2) is 35.7 Å². The number of halogens is 10. The summed E-state index contributed by atoms with van der Waals surface area (Å²) < 4.78 is 131. The largest absolute Gasteiger partial charge is 0.606 e. The van der Waals surface area contributed by atoms with Gasteiger partial charge in [0.1, 0.15) is 0 Å². The van der Waals surface area contributed by atoms with Crippen LogP contribution in [0.25, 0.3) is 0 Å². The van der Waals surface area contributed by atoms with Crippen molar-refractivity contribution in [2.75, 3.05) is 0 Å². The summed E-state index contributed by atoms with van der Waals surface area (Å²) in [5, 5.41) is 0. The van der Waals surface area contributed by atoms with E-state index in [1.165, 1.54) is 0 Å². The second-order valence-electron chi connectivity index (χ2n) is 3.37. The number of carbonyl (C=O) groups excluding carboxylic acids is 3. The molecule has 0 spiro atoms. The van der Waals surface area contributed by atoms with Gasteiger partial charge >= 0.3 is 42.4 Å². The van der Waals surface area contributed by atoms with Crippen molar-refractivity contribution in [2.24, 2.45) is 0 Å². The van der Waals surface area contributed by atoms with Crippen LogP contribution in [0.5, 0.6) is 0 Å². The van der Waals surface area contributed by atoms with E-state index in [2.05, 4.69) is 14.2 Å². The van der Waals surface area contributed by atoms with Gasteiger partial charge in [0.2, 0.25) is 0 Å². The molecule has 146 valence electrons. The Morgan fingerprint density at radius 2 is 0.692 bits per heavy atom. The van der Waals surface area contributed by atoms with Crippen LogP contribution in [-0.4, -0.2) is 24.1 Å². The summed E-state index contributed by atoms with van der Waals surface area (Å²) in [5.41, 5.74) is 0. The first-order chi connectivity index (χ1) is 11.7. The molecule has 0 fully saturated rings. The Kier molecular flexibility index (Phi) is 7.81. The van der Waals surface area contributed by atoms with E-state index >= 15 is 0 Å². The molecule has 0 N–H and O–H groups in total. The molecule has 0 rings (SSSR count). The van der Waals surface area contributed by atoms with Gasteiger partial charge in [-0.15, -0.1) is 4.39 Å². The van der Waals surface area contributed by atoms with Gasteiger partial charge in [-0.2, -0.15) is 39.5 Å². The predicted octanol–water partition coefficient (Wildman–Crippen LogP) is 3.43. The summed E-state index contributed by atoms with van der Waals surface area (Å²) in [7, 11) is 0. The first kappa shape index (κ1) is 22.9. The SMILES string of the molecule is O=C(OC(F)(OC(=O)C(F)=C(F)F)OC(=O)C(F)=C(F)F)C(F)=C(F)F. The van der Waals surface area contributed by atoms with Crippen molar-refractivity contribution in [1.29, 1.82) is 0 Å². The first-order valence-electron chi connectivity index (χ1n) is 5.23. The van der Waals surface area contributed by atoms with E-state index in [0.29, 0.717) is 0 Å². The zero-order chi connectivity index (χ0) is 20.8. The van der Waals surface area contributed by atoms with E-state index in [1.54, 1.807) is 0 Å². The van der Waals surface area contributed by atoms with E-state index in [4.69, 9.17) is 0 Å². The Labute approximate surface area is 133 Å². The smallest absolute Gasteiger partial charge is 0.353 e. The molecule has 0 aliphatic heterocycles. The van der Waals surface area contributed by atoms with Gasteiger partial charge in [-0.05, 0) is 0 Å². The number of alkyl halides is 1. The summed E-state index contributed by atoms with van der Waals surface area (Å²) in [4.78, 5) is 32.1. The van der Waals surface area contributed by atoms with Crippen LogP contribution in [0.2, 0.25) is 0 Å². The minimum atomic E-state index is -5.41. The first-order valence-corrected chi connectivity index (χ1v) is 5.23. The molecule has 0 aromatic carbocycles. The average molecular weight is 406 g/mol. The molecule has 0 unspecified atom stereocenters. The molecule has 6 nitrogen and oxygen atoms in total. The lowest BCUT2D eigenvalue weighted by molar-refractivity contribution is -0.393. The quantitative estimate of drug-likeness (QED) is 0.291. The van der Waals surface area contributed by atoms with Crippen LogP contribution in [0.1, 0.15) is 0 Å². The lowest BCUT2D eigenvalue weighted by atomic mass is 10.5. The van der Waals surface area contributed by atoms with Crippen molar-refractivity contribution in [3.05, 3.63) is 35.7 Å². The van der Waals surface area contributed by atoms with E-state index in [9.17, 15) is 58.3 Å². The maximum atomic E-state index is 13.8. The molecule has 0 aromatic heterocycles. The molecule has 0 heterocycles. The zero-order valence-corrected chi connectivity index (χ0v) is 11.2. The van der Waals surface area contributed by atoms with Crippen LogP contribution in [0.4, 0.5) is 43.9 Å². The molecular formula is C10F10O6. The van der Waals surface area contributed by atoms with Crippen LogP contribution >= 0.6 is 0 Å². The Morgan fingerprint density at radius 1 is 0.500 bits per heavy atom. The minimum absolute atomic E-state index is 2.89. The second-order valence-corrected chi connectivity index (χ2v) is 3.37. The molecule has 0 amide bonds. The highest BCUT2D eigenvalue weighted by Gasteiger charge is 2.49. The molecule has 0 aliphatic rings. The maximum absolute atomic E-state index is 13.8. The Hall–Kier alpha value is -3.07. The van der Waals surface area contributed by atoms with Gasteiger partial charge in [-0.3, -0.25) is 0 Å². The van der Waals surface area contributed by atoms with E-state index in [1.807, 2.05) is 0 Å². The van der Waals surface area contributed by atoms with Gasteiger partial charge in [0, 0.05) is 0 Å². The molecular weight excluding hydrogens is 406 g/mol. The van der Waals surface area contributed by atoms with Crippen LogP contribution in [0.3, 0.4) is 0 Å². The fourth-order valence-electron chi connectivity index (χ4n) is 0.761. The lowest BCUT2D eigenvalue weighted by Gasteiger charge is -2.21. The molecule has 0 saturated carbocycles. The van der Waals surface area contributed by atoms with Crippen molar-refractivity contribution in [3.8, 4) is 0 Å². The summed E-state index contributed by atoms with van der Waals surface area (Å²) in [6.45, 7) is 0. The number of hydrogen-bond donors (Lipinski definition) is 0. The van der Waals surface area contributed by atoms with Crippen molar-refractivity contribution in [2.45, 2.75) is 6.23 Å². The summed E-state index contributed by atoms with van der Waals surface area (Å²) in [6, 6.07) is 0. The van der Waals surface area contributed by atoms with Gasteiger partial charge in [-0.25, -0.2) is 14.4 Å². The van der Waals surface area contributed by atoms with E-state index < -0.39 is 59.9 Å². The van der Waals surface area contributed by atoms with Gasteiger partial charge < -0.3 is 14.2 Å². The lowest BCUT2D eigenvalue weighted by Crippen LogP contribution is -2.41. The Bertz CT molecular complexity index is 606. The number of ether oxygens (including phenoxy) is 3. The van der Waals surface area contributed by atoms with Crippen molar-refractivity contribution in [3.63, 3.8) is 0 Å². The molecule has 26 heavy (non-hydrogen) atoms. The van der Waals surface area contributed by atoms with Crippen molar-refractivity contribution >= 4 is 17.9 Å². The number of esters is 3. The van der Waals surface area contributed by atoms with Crippen LogP contribution in [0, 0.1) is 0 Å². The van der Waals surface area contributed by atoms with Gasteiger partial charge in [-0.1, -0.05) is 0 Å². The number of carbonyl (C=O) groups is 3. The standard InChI is InChI=1S/C10F10O6/c11-1(4(14)15)7(21)24-10(20,25-8(22)2(12)5(16)17)26-9(23)3(13)6(18)19. The third-order valence-corrected chi connectivity index (χ3v) is 1.68. The molecule has 0 aromatic rings. The monoisotopic (exact) mass is 406 g/mol. The molecule has 0 bridgehead atoms. The van der Waals surface area contributed by atoms with E-state index in [-0.39, 0.29) is 0 Å². The summed E-state index contributed by atoms with van der Waals surface area (Å²) >= 11 is 0. The maximum Gasteiger partial charge on any atom is 0.606 e. The van der Waals surface area contributed by atoms with E-state index in [0.717, 1.165) is 0 Å². The number of rotatable bonds is 6. The normalized spacial score (nSPS) is 10.4. The molecule has 16 heteroatoms. The summed E-state index contributed by atoms with van der Waals surface area (Å²) in [5.74, 6) is -19.1. The fourth-order valence-corrected chi connectivity index (χ4v) is 0.761. The fraction of sp³-hybridized carbons (Fsp3) is 0.100. The third kappa shape index (κ3) is 6.44. The van der Waals surface area contributed by atoms with Crippen molar-refractivity contribution in [1.82, 2.24) is 0 Å². The Balaban J connectivity index is 5.80. The number of hydrogen-bond acceptors (Lipinski definition) is 6. The Morgan fingerprint density at radius 3 is 0.846 bits per heavy atom. The van der Waals surface area contributed by atoms with Crippen molar-refractivity contribution < 1.29 is 72.5 Å². The van der Waals surface area contributed by atoms with Gasteiger partial charge in [0.15, 0.2) is 0 Å². The molecule has 0 saturated heterocycles. The second kappa shape index (κ2) is 8.86. The molecule has 0 radical (unpaired) electrons.